The van der Waals surface area contributed by atoms with E-state index in [1.807, 2.05) is 0 Å². The quantitative estimate of drug-likeness (QED) is 0.881. The van der Waals surface area contributed by atoms with Crippen LogP contribution in [0.5, 0.6) is 5.75 Å². The molecule has 0 radical (unpaired) electrons. The van der Waals surface area contributed by atoms with E-state index in [-0.39, 0.29) is 5.75 Å². The molecule has 0 unspecified atom stereocenters. The zero-order chi connectivity index (χ0) is 14.8. The molecule has 2 aromatic rings. The highest BCUT2D eigenvalue weighted by molar-refractivity contribution is 7.19. The summed E-state index contributed by atoms with van der Waals surface area (Å²) in [6, 6.07) is 6.80. The third-order valence-electron chi connectivity index (χ3n) is 2.27. The molecular weight excluding hydrogens is 276 g/mol. The fourth-order valence-electron chi connectivity index (χ4n) is 1.48. The Morgan fingerprint density at radius 3 is 2.55 bits per heavy atom. The lowest BCUT2D eigenvalue weighted by Crippen LogP contribution is -2.27. The molecule has 6 heteroatoms. The van der Waals surface area contributed by atoms with Gasteiger partial charge in [0.15, 0.2) is 5.13 Å². The Morgan fingerprint density at radius 2 is 1.95 bits per heavy atom. The summed E-state index contributed by atoms with van der Waals surface area (Å²) in [5.41, 5.74) is 0.388. The van der Waals surface area contributed by atoms with E-state index in [1.165, 1.54) is 11.3 Å². The van der Waals surface area contributed by atoms with Crippen LogP contribution < -0.4 is 5.32 Å². The number of ether oxygens (including phenoxy) is 1. The predicted octanol–water partition coefficient (Wildman–Crippen LogP) is 3.86. The van der Waals surface area contributed by atoms with Crippen LogP contribution in [0.25, 0.3) is 10.4 Å². The molecule has 0 spiro atoms. The van der Waals surface area contributed by atoms with Gasteiger partial charge in [-0.25, -0.2) is 9.78 Å². The Morgan fingerprint density at radius 1 is 1.30 bits per heavy atom. The van der Waals surface area contributed by atoms with Crippen LogP contribution in [0.1, 0.15) is 20.8 Å². The fraction of sp³-hybridized carbons (Fsp3) is 0.286. The third kappa shape index (κ3) is 3.96. The molecule has 1 amide bonds. The van der Waals surface area contributed by atoms with Crippen LogP contribution in [-0.2, 0) is 4.74 Å². The first-order valence-corrected chi connectivity index (χ1v) is 6.90. The maximum absolute atomic E-state index is 11.6. The highest BCUT2D eigenvalue weighted by atomic mass is 32.1. The summed E-state index contributed by atoms with van der Waals surface area (Å²) >= 11 is 1.34. The fourth-order valence-corrected chi connectivity index (χ4v) is 2.29. The topological polar surface area (TPSA) is 71.5 Å². The zero-order valence-corrected chi connectivity index (χ0v) is 12.3. The lowest BCUT2D eigenvalue weighted by Gasteiger charge is -2.18. The number of carbonyl (C=O) groups excluding carboxylic acids is 1. The maximum Gasteiger partial charge on any atom is 0.413 e. The van der Waals surface area contributed by atoms with Crippen molar-refractivity contribution in [1.29, 1.82) is 0 Å². The largest absolute Gasteiger partial charge is 0.508 e. The number of nitrogens with zero attached hydrogens (tertiary/aromatic N) is 1. The number of phenols is 1. The van der Waals surface area contributed by atoms with Crippen LogP contribution in [0.3, 0.4) is 0 Å². The van der Waals surface area contributed by atoms with Gasteiger partial charge in [0, 0.05) is 6.20 Å². The van der Waals surface area contributed by atoms with Gasteiger partial charge in [-0.2, -0.15) is 0 Å². The molecule has 0 bridgehead atoms. The summed E-state index contributed by atoms with van der Waals surface area (Å²) in [4.78, 5) is 16.6. The van der Waals surface area contributed by atoms with Gasteiger partial charge in [0.2, 0.25) is 0 Å². The van der Waals surface area contributed by atoms with Crippen LogP contribution in [0.4, 0.5) is 9.93 Å². The van der Waals surface area contributed by atoms with E-state index >= 15 is 0 Å². The zero-order valence-electron chi connectivity index (χ0n) is 11.5. The minimum Gasteiger partial charge on any atom is -0.508 e. The minimum absolute atomic E-state index is 0.213. The number of phenolic OH excluding ortho intramolecular Hbond substituents is 1. The summed E-state index contributed by atoms with van der Waals surface area (Å²) in [5.74, 6) is 0.213. The Kier molecular flexibility index (Phi) is 3.94. The van der Waals surface area contributed by atoms with E-state index in [9.17, 15) is 9.90 Å². The summed E-state index contributed by atoms with van der Waals surface area (Å²) in [6.45, 7) is 5.41. The van der Waals surface area contributed by atoms with Gasteiger partial charge in [0.25, 0.3) is 0 Å². The highest BCUT2D eigenvalue weighted by Crippen LogP contribution is 2.30. The predicted molar refractivity (Wildman–Crippen MR) is 79.1 cm³/mol. The number of rotatable bonds is 2. The molecule has 0 saturated heterocycles. The molecule has 1 aromatic heterocycles. The molecule has 0 atom stereocenters. The van der Waals surface area contributed by atoms with Gasteiger partial charge in [0.1, 0.15) is 11.4 Å². The number of amides is 1. The van der Waals surface area contributed by atoms with Crippen LogP contribution in [0.15, 0.2) is 30.5 Å². The van der Waals surface area contributed by atoms with Crippen LogP contribution in [0, 0.1) is 0 Å². The summed E-state index contributed by atoms with van der Waals surface area (Å²) in [7, 11) is 0. The number of benzene rings is 1. The average Bonchev–Trinajstić information content (AvgIpc) is 2.75. The SMILES string of the molecule is CC(C)(C)OC(=O)Nc1ncc(-c2ccc(O)cc2)s1. The second-order valence-electron chi connectivity index (χ2n) is 5.20. The van der Waals surface area contributed by atoms with Crippen LogP contribution >= 0.6 is 11.3 Å². The standard InChI is InChI=1S/C14H16N2O3S/c1-14(2,3)19-13(18)16-12-15-8-11(20-12)9-4-6-10(17)7-5-9/h4-8,17H,1-3H3,(H,15,16,18). The molecule has 0 fully saturated rings. The van der Waals surface area contributed by atoms with E-state index in [0.717, 1.165) is 10.4 Å². The number of thiazole rings is 1. The molecule has 5 nitrogen and oxygen atoms in total. The molecule has 1 aromatic carbocycles. The van der Waals surface area contributed by atoms with Gasteiger partial charge < -0.3 is 9.84 Å². The van der Waals surface area contributed by atoms with Crippen LogP contribution in [-0.4, -0.2) is 21.8 Å². The monoisotopic (exact) mass is 292 g/mol. The smallest absolute Gasteiger partial charge is 0.413 e. The van der Waals surface area contributed by atoms with Gasteiger partial charge in [-0.05, 0) is 50.6 Å². The van der Waals surface area contributed by atoms with Gasteiger partial charge in [-0.15, -0.1) is 0 Å². The molecule has 20 heavy (non-hydrogen) atoms. The average molecular weight is 292 g/mol. The first kappa shape index (κ1) is 14.3. The van der Waals surface area contributed by atoms with Crippen molar-refractivity contribution in [3.05, 3.63) is 30.5 Å². The van der Waals surface area contributed by atoms with Crippen molar-refractivity contribution in [2.24, 2.45) is 0 Å². The van der Waals surface area contributed by atoms with Crippen LogP contribution in [0.2, 0.25) is 0 Å². The van der Waals surface area contributed by atoms with Crippen molar-refractivity contribution in [3.8, 4) is 16.2 Å². The summed E-state index contributed by atoms with van der Waals surface area (Å²) < 4.78 is 5.16. The van der Waals surface area contributed by atoms with Gasteiger partial charge >= 0.3 is 6.09 Å². The van der Waals surface area contributed by atoms with Crippen molar-refractivity contribution >= 4 is 22.6 Å². The van der Waals surface area contributed by atoms with E-state index in [4.69, 9.17) is 4.74 Å². The second kappa shape index (κ2) is 5.50. The van der Waals surface area contributed by atoms with E-state index < -0.39 is 11.7 Å². The Balaban J connectivity index is 2.06. The number of carbonyl (C=O) groups is 1. The van der Waals surface area contributed by atoms with E-state index in [1.54, 1.807) is 51.2 Å². The van der Waals surface area contributed by atoms with Gasteiger partial charge in [-0.3, -0.25) is 5.32 Å². The number of aromatic hydroxyl groups is 1. The normalized spacial score (nSPS) is 11.2. The number of anilines is 1. The van der Waals surface area contributed by atoms with Crippen molar-refractivity contribution in [3.63, 3.8) is 0 Å². The van der Waals surface area contributed by atoms with E-state index in [2.05, 4.69) is 10.3 Å². The Hall–Kier alpha value is -2.08. The van der Waals surface area contributed by atoms with Crippen molar-refractivity contribution < 1.29 is 14.6 Å². The molecule has 0 aliphatic rings. The minimum atomic E-state index is -0.541. The van der Waals surface area contributed by atoms with Crippen molar-refractivity contribution in [2.75, 3.05) is 5.32 Å². The molecule has 2 N–H and O–H groups in total. The van der Waals surface area contributed by atoms with Crippen molar-refractivity contribution in [1.82, 2.24) is 4.98 Å². The lowest BCUT2D eigenvalue weighted by molar-refractivity contribution is 0.0636. The molecule has 0 aliphatic carbocycles. The molecule has 1 heterocycles. The van der Waals surface area contributed by atoms with Gasteiger partial charge in [0.05, 0.1) is 4.88 Å². The summed E-state index contributed by atoms with van der Waals surface area (Å²) in [5, 5.41) is 12.3. The van der Waals surface area contributed by atoms with Crippen molar-refractivity contribution in [2.45, 2.75) is 26.4 Å². The van der Waals surface area contributed by atoms with E-state index in [0.29, 0.717) is 5.13 Å². The number of hydrogen-bond donors (Lipinski definition) is 2. The number of aromatic nitrogens is 1. The summed E-state index contributed by atoms with van der Waals surface area (Å²) in [6.07, 6.45) is 1.15. The first-order valence-electron chi connectivity index (χ1n) is 6.09. The number of hydrogen-bond acceptors (Lipinski definition) is 5. The Labute approximate surface area is 121 Å². The first-order chi connectivity index (χ1) is 9.33. The van der Waals surface area contributed by atoms with Gasteiger partial charge in [-0.1, -0.05) is 11.3 Å². The molecule has 2 rings (SSSR count). The number of nitrogens with one attached hydrogen (secondary N) is 1. The molecule has 0 saturated carbocycles. The molecule has 0 aliphatic heterocycles. The molecular formula is C14H16N2O3S. The highest BCUT2D eigenvalue weighted by Gasteiger charge is 2.17. The molecule has 106 valence electrons. The maximum atomic E-state index is 11.6. The second-order valence-corrected chi connectivity index (χ2v) is 6.23. The lowest BCUT2D eigenvalue weighted by atomic mass is 10.2. The third-order valence-corrected chi connectivity index (χ3v) is 3.23. The Bertz CT molecular complexity index is 600.